The fourth-order valence-electron chi connectivity index (χ4n) is 5.21. The van der Waals surface area contributed by atoms with Crippen molar-refractivity contribution in [1.29, 1.82) is 0 Å². The molecule has 4 heteroatoms. The molecule has 0 radical (unpaired) electrons. The molecule has 0 amide bonds. The van der Waals surface area contributed by atoms with Gasteiger partial charge in [-0.3, -0.25) is 4.79 Å². The highest BCUT2D eigenvalue weighted by molar-refractivity contribution is 5.84. The molecule has 0 aliphatic carbocycles. The number of rotatable bonds is 6. The third-order valence-corrected chi connectivity index (χ3v) is 6.93. The minimum atomic E-state index is -0.755. The SMILES string of the molecule is O=Cc1ccc(-c2cc3c(cc2F)ncn3C(c2ccccc2)(c2ccccc2)c2ccccc2)cc1. The molecule has 1 heterocycles. The van der Waals surface area contributed by atoms with Crippen LogP contribution in [0.25, 0.3) is 22.2 Å². The molecule has 0 saturated carbocycles. The largest absolute Gasteiger partial charge is 0.312 e. The summed E-state index contributed by atoms with van der Waals surface area (Å²) in [7, 11) is 0. The van der Waals surface area contributed by atoms with Crippen LogP contribution in [0.15, 0.2) is 134 Å². The lowest BCUT2D eigenvalue weighted by Gasteiger charge is -2.38. The van der Waals surface area contributed by atoms with Crippen molar-refractivity contribution in [3.63, 3.8) is 0 Å². The van der Waals surface area contributed by atoms with Gasteiger partial charge < -0.3 is 4.57 Å². The molecular weight excluding hydrogens is 459 g/mol. The maximum absolute atomic E-state index is 15.3. The van der Waals surface area contributed by atoms with Crippen LogP contribution in [0, 0.1) is 5.82 Å². The molecule has 0 atom stereocenters. The molecule has 1 aromatic heterocycles. The van der Waals surface area contributed by atoms with Gasteiger partial charge in [0.15, 0.2) is 0 Å². The first-order valence-corrected chi connectivity index (χ1v) is 12.1. The second kappa shape index (κ2) is 9.32. The van der Waals surface area contributed by atoms with Crippen molar-refractivity contribution in [3.05, 3.63) is 162 Å². The maximum Gasteiger partial charge on any atom is 0.150 e. The van der Waals surface area contributed by atoms with Crippen LogP contribution in [0.4, 0.5) is 4.39 Å². The highest BCUT2D eigenvalue weighted by Gasteiger charge is 2.39. The normalized spacial score (nSPS) is 11.5. The van der Waals surface area contributed by atoms with E-state index in [1.54, 1.807) is 30.6 Å². The van der Waals surface area contributed by atoms with Crippen molar-refractivity contribution in [2.45, 2.75) is 5.54 Å². The average molecular weight is 483 g/mol. The average Bonchev–Trinajstić information content (AvgIpc) is 3.37. The van der Waals surface area contributed by atoms with Crippen LogP contribution < -0.4 is 0 Å². The Morgan fingerprint density at radius 3 is 1.68 bits per heavy atom. The number of aromatic nitrogens is 2. The molecule has 0 aliphatic rings. The molecule has 5 aromatic carbocycles. The Balaban J connectivity index is 1.70. The molecule has 3 nitrogen and oxygen atoms in total. The Bertz CT molecular complexity index is 1580. The van der Waals surface area contributed by atoms with Crippen molar-refractivity contribution in [3.8, 4) is 11.1 Å². The highest BCUT2D eigenvalue weighted by Crippen LogP contribution is 2.43. The standard InChI is InChI=1S/C33H23FN2O/c34-30-21-31-32(20-29(30)25-18-16-24(22-37)17-19-25)36(23-35-31)33(26-10-4-1-5-11-26,27-12-6-2-7-13-27)28-14-8-3-9-15-28/h1-23H. The van der Waals surface area contributed by atoms with Gasteiger partial charge in [-0.2, -0.15) is 0 Å². The second-order valence-corrected chi connectivity index (χ2v) is 8.98. The summed E-state index contributed by atoms with van der Waals surface area (Å²) in [5, 5.41) is 0. The zero-order valence-electron chi connectivity index (χ0n) is 20.0. The monoisotopic (exact) mass is 482 g/mol. The fraction of sp³-hybridized carbons (Fsp3) is 0.0303. The summed E-state index contributed by atoms with van der Waals surface area (Å²) in [4.78, 5) is 15.8. The van der Waals surface area contributed by atoms with Gasteiger partial charge >= 0.3 is 0 Å². The summed E-state index contributed by atoms with van der Waals surface area (Å²) in [5.74, 6) is -0.360. The smallest absolute Gasteiger partial charge is 0.150 e. The van der Waals surface area contributed by atoms with Gasteiger partial charge in [-0.25, -0.2) is 9.37 Å². The maximum atomic E-state index is 15.3. The van der Waals surface area contributed by atoms with Crippen LogP contribution in [-0.4, -0.2) is 15.8 Å². The van der Waals surface area contributed by atoms with Gasteiger partial charge in [-0.05, 0) is 28.3 Å². The zero-order chi connectivity index (χ0) is 25.2. The van der Waals surface area contributed by atoms with Gasteiger partial charge in [0, 0.05) is 17.2 Å². The van der Waals surface area contributed by atoms with Crippen LogP contribution in [0.2, 0.25) is 0 Å². The quantitative estimate of drug-likeness (QED) is 0.182. The molecule has 178 valence electrons. The Morgan fingerprint density at radius 1 is 0.676 bits per heavy atom. The third kappa shape index (κ3) is 3.74. The first kappa shape index (κ1) is 22.6. The number of hydrogen-bond donors (Lipinski definition) is 0. The number of carbonyl (C=O) groups is 1. The summed E-state index contributed by atoms with van der Waals surface area (Å²) >= 11 is 0. The Kier molecular flexibility index (Phi) is 5.70. The van der Waals surface area contributed by atoms with E-state index in [1.807, 2.05) is 60.7 Å². The van der Waals surface area contributed by atoms with Gasteiger partial charge in [-0.15, -0.1) is 0 Å². The van der Waals surface area contributed by atoms with Gasteiger partial charge in [0.2, 0.25) is 0 Å². The van der Waals surface area contributed by atoms with Crippen molar-refractivity contribution in [2.24, 2.45) is 0 Å². The van der Waals surface area contributed by atoms with E-state index in [4.69, 9.17) is 0 Å². The number of aldehydes is 1. The van der Waals surface area contributed by atoms with Gasteiger partial charge in [-0.1, -0.05) is 115 Å². The molecule has 0 bridgehead atoms. The molecular formula is C33H23FN2O. The van der Waals surface area contributed by atoms with Crippen LogP contribution in [0.5, 0.6) is 0 Å². The summed E-state index contributed by atoms with van der Waals surface area (Å²) in [5.41, 5.74) is 5.50. The number of benzene rings is 5. The first-order chi connectivity index (χ1) is 18.2. The lowest BCUT2D eigenvalue weighted by Crippen LogP contribution is -2.37. The van der Waals surface area contributed by atoms with Gasteiger partial charge in [0.25, 0.3) is 0 Å². The number of hydrogen-bond acceptors (Lipinski definition) is 2. The predicted molar refractivity (Wildman–Crippen MR) is 145 cm³/mol. The number of imidazole rings is 1. The summed E-state index contributed by atoms with van der Waals surface area (Å²) in [6.45, 7) is 0. The van der Waals surface area contributed by atoms with Gasteiger partial charge in [0.1, 0.15) is 17.6 Å². The van der Waals surface area contributed by atoms with E-state index < -0.39 is 5.54 Å². The van der Waals surface area contributed by atoms with Crippen molar-refractivity contribution < 1.29 is 9.18 Å². The number of nitrogens with zero attached hydrogens (tertiary/aromatic N) is 2. The minimum absolute atomic E-state index is 0.360. The van der Waals surface area contributed by atoms with Crippen LogP contribution >= 0.6 is 0 Å². The topological polar surface area (TPSA) is 34.9 Å². The van der Waals surface area contributed by atoms with E-state index in [0.29, 0.717) is 22.2 Å². The van der Waals surface area contributed by atoms with Crippen LogP contribution in [0.3, 0.4) is 0 Å². The zero-order valence-corrected chi connectivity index (χ0v) is 20.0. The van der Waals surface area contributed by atoms with E-state index in [2.05, 4.69) is 45.9 Å². The Labute approximate surface area is 214 Å². The third-order valence-electron chi connectivity index (χ3n) is 6.93. The summed E-state index contributed by atoms with van der Waals surface area (Å²) in [6, 6.07) is 41.2. The molecule has 0 spiro atoms. The fourth-order valence-corrected chi connectivity index (χ4v) is 5.21. The molecule has 6 aromatic rings. The predicted octanol–water partition coefficient (Wildman–Crippen LogP) is 7.50. The highest BCUT2D eigenvalue weighted by atomic mass is 19.1. The number of halogens is 1. The first-order valence-electron chi connectivity index (χ1n) is 12.1. The molecule has 6 rings (SSSR count). The van der Waals surface area contributed by atoms with E-state index in [9.17, 15) is 4.79 Å². The molecule has 37 heavy (non-hydrogen) atoms. The molecule has 0 unspecified atom stereocenters. The number of carbonyl (C=O) groups excluding carboxylic acids is 1. The van der Waals surface area contributed by atoms with Crippen molar-refractivity contribution in [1.82, 2.24) is 9.55 Å². The lowest BCUT2D eigenvalue weighted by atomic mass is 9.76. The second-order valence-electron chi connectivity index (χ2n) is 8.98. The van der Waals surface area contributed by atoms with E-state index in [1.165, 1.54) is 6.07 Å². The molecule has 0 saturated heterocycles. The lowest BCUT2D eigenvalue weighted by molar-refractivity contribution is 0.112. The van der Waals surface area contributed by atoms with Gasteiger partial charge in [0.05, 0.1) is 17.4 Å². The van der Waals surface area contributed by atoms with Crippen LogP contribution in [-0.2, 0) is 5.54 Å². The Morgan fingerprint density at radius 2 is 1.19 bits per heavy atom. The van der Waals surface area contributed by atoms with E-state index in [-0.39, 0.29) is 5.82 Å². The minimum Gasteiger partial charge on any atom is -0.312 e. The van der Waals surface area contributed by atoms with Crippen molar-refractivity contribution in [2.75, 3.05) is 0 Å². The Hall–Kier alpha value is -4.83. The summed E-state index contributed by atoms with van der Waals surface area (Å²) < 4.78 is 17.5. The molecule has 0 fully saturated rings. The van der Waals surface area contributed by atoms with Crippen molar-refractivity contribution >= 4 is 17.3 Å². The molecule has 0 aliphatic heterocycles. The van der Waals surface area contributed by atoms with E-state index >= 15 is 4.39 Å². The molecule has 0 N–H and O–H groups in total. The number of fused-ring (bicyclic) bond motifs is 1. The summed E-state index contributed by atoms with van der Waals surface area (Å²) in [6.07, 6.45) is 2.59. The van der Waals surface area contributed by atoms with Crippen LogP contribution in [0.1, 0.15) is 27.0 Å². The van der Waals surface area contributed by atoms with E-state index in [0.717, 1.165) is 28.5 Å².